The van der Waals surface area contributed by atoms with E-state index in [2.05, 4.69) is 45.9 Å². The van der Waals surface area contributed by atoms with E-state index in [4.69, 9.17) is 4.98 Å². The highest BCUT2D eigenvalue weighted by atomic mass is 19.1. The van der Waals surface area contributed by atoms with E-state index in [1.54, 1.807) is 13.2 Å². The third kappa shape index (κ3) is 5.84. The second-order valence-electron chi connectivity index (χ2n) is 11.2. The van der Waals surface area contributed by atoms with Crippen molar-refractivity contribution in [1.82, 2.24) is 20.3 Å². The number of hydrogen-bond donors (Lipinski definition) is 3. The zero-order chi connectivity index (χ0) is 30.0. The molecule has 1 amide bonds. The highest BCUT2D eigenvalue weighted by Crippen LogP contribution is 2.39. The average Bonchev–Trinajstić information content (AvgIpc) is 2.97. The highest BCUT2D eigenvalue weighted by Gasteiger charge is 2.25. The number of aromatic hydroxyl groups is 1. The predicted octanol–water partition coefficient (Wildman–Crippen LogP) is 6.42. The molecule has 1 atom stereocenters. The number of piperidine rings is 1. The molecular formula is C32H36F2N6O2. The maximum absolute atomic E-state index is 16.6. The molecule has 3 heterocycles. The molecule has 2 aromatic heterocycles. The Morgan fingerprint density at radius 1 is 1.17 bits per heavy atom. The number of nitrogens with zero attached hydrogens (tertiary/aromatic N) is 4. The molecule has 4 aromatic rings. The number of carbonyl (C=O) groups is 1. The molecule has 1 aliphatic rings. The van der Waals surface area contributed by atoms with Gasteiger partial charge in [-0.05, 0) is 55.2 Å². The topological polar surface area (TPSA) is 103 Å². The second kappa shape index (κ2) is 12.3. The third-order valence-corrected chi connectivity index (χ3v) is 7.67. The van der Waals surface area contributed by atoms with Gasteiger partial charge >= 0.3 is 0 Å². The number of anilines is 2. The van der Waals surface area contributed by atoms with Crippen molar-refractivity contribution >= 4 is 45.4 Å². The van der Waals surface area contributed by atoms with E-state index in [0.29, 0.717) is 34.3 Å². The van der Waals surface area contributed by atoms with Crippen molar-refractivity contribution in [2.24, 2.45) is 5.92 Å². The van der Waals surface area contributed by atoms with Crippen LogP contribution in [-0.2, 0) is 4.79 Å². The summed E-state index contributed by atoms with van der Waals surface area (Å²) in [5.41, 5.74) is 0.391. The zero-order valence-electron chi connectivity index (χ0n) is 24.2. The van der Waals surface area contributed by atoms with Crippen LogP contribution in [-0.4, -0.2) is 52.1 Å². The van der Waals surface area contributed by atoms with Gasteiger partial charge in [0.05, 0.1) is 5.39 Å². The fraction of sp³-hybridized carbons (Fsp3) is 0.375. The van der Waals surface area contributed by atoms with Gasteiger partial charge in [0.2, 0.25) is 11.9 Å². The quantitative estimate of drug-likeness (QED) is 0.212. The standard InChI is InChI=1S/C32H36F2N6O2/c1-5-22-25(33)10-9-19-14-21(41)16-23(27(19)22)29-28(34)30-24(17-36-29)31(40-11-7-6-8-12-40)39-32(38-30)37-20(13-18(2)3)15-26(42)35-4/h5,9-10,14,16-18,20,41H,1,6-8,11-13,15H2,2-4H3,(H,35,42)(H,37,38,39)/t20-/m0/s1. The summed E-state index contributed by atoms with van der Waals surface area (Å²) in [6.07, 6.45) is 6.89. The van der Waals surface area contributed by atoms with Crippen molar-refractivity contribution in [1.29, 1.82) is 0 Å². The lowest BCUT2D eigenvalue weighted by Gasteiger charge is -2.29. The minimum atomic E-state index is -0.714. The summed E-state index contributed by atoms with van der Waals surface area (Å²) < 4.78 is 31.4. The van der Waals surface area contributed by atoms with Crippen molar-refractivity contribution in [2.45, 2.75) is 52.0 Å². The van der Waals surface area contributed by atoms with E-state index in [0.717, 1.165) is 32.4 Å². The molecule has 220 valence electrons. The Labute approximate surface area is 243 Å². The van der Waals surface area contributed by atoms with Gasteiger partial charge in [0.25, 0.3) is 0 Å². The first-order chi connectivity index (χ1) is 20.2. The normalized spacial score (nSPS) is 14.4. The smallest absolute Gasteiger partial charge is 0.225 e. The summed E-state index contributed by atoms with van der Waals surface area (Å²) in [7, 11) is 1.59. The van der Waals surface area contributed by atoms with Gasteiger partial charge in [0.1, 0.15) is 28.6 Å². The van der Waals surface area contributed by atoms with Crippen molar-refractivity contribution in [3.8, 4) is 17.0 Å². The van der Waals surface area contributed by atoms with Crippen LogP contribution in [0.3, 0.4) is 0 Å². The van der Waals surface area contributed by atoms with Gasteiger partial charge in [-0.25, -0.2) is 13.8 Å². The summed E-state index contributed by atoms with van der Waals surface area (Å²) in [6.45, 7) is 9.40. The number of rotatable bonds is 9. The molecule has 1 saturated heterocycles. The molecule has 0 spiro atoms. The Balaban J connectivity index is 1.72. The van der Waals surface area contributed by atoms with Crippen molar-refractivity contribution in [3.63, 3.8) is 0 Å². The summed E-state index contributed by atoms with van der Waals surface area (Å²) in [6, 6.07) is 5.41. The van der Waals surface area contributed by atoms with Crippen molar-refractivity contribution in [3.05, 3.63) is 54.2 Å². The average molecular weight is 575 g/mol. The lowest BCUT2D eigenvalue weighted by molar-refractivity contribution is -0.120. The molecule has 0 saturated carbocycles. The summed E-state index contributed by atoms with van der Waals surface area (Å²) in [5.74, 6) is -0.378. The molecule has 10 heteroatoms. The van der Waals surface area contributed by atoms with Crippen molar-refractivity contribution < 1.29 is 18.7 Å². The molecule has 42 heavy (non-hydrogen) atoms. The van der Waals surface area contributed by atoms with Gasteiger partial charge in [-0.1, -0.05) is 32.6 Å². The first-order valence-electron chi connectivity index (χ1n) is 14.4. The van der Waals surface area contributed by atoms with E-state index < -0.39 is 11.6 Å². The van der Waals surface area contributed by atoms with Gasteiger partial charge in [-0.3, -0.25) is 9.78 Å². The van der Waals surface area contributed by atoms with E-state index in [1.807, 2.05) is 0 Å². The van der Waals surface area contributed by atoms with E-state index >= 15 is 4.39 Å². The number of aromatic nitrogens is 3. The SMILES string of the molecule is C=Cc1c(F)ccc2cc(O)cc(-c3ncc4c(N5CCCCC5)nc(N[C@H](CC(=O)NC)CC(C)C)nc4c3F)c12. The van der Waals surface area contributed by atoms with Gasteiger partial charge in [-0.2, -0.15) is 4.98 Å². The molecule has 1 aliphatic heterocycles. The molecule has 1 fully saturated rings. The van der Waals surface area contributed by atoms with Crippen LogP contribution in [0.4, 0.5) is 20.5 Å². The largest absolute Gasteiger partial charge is 0.508 e. The maximum Gasteiger partial charge on any atom is 0.225 e. The third-order valence-electron chi connectivity index (χ3n) is 7.67. The predicted molar refractivity (Wildman–Crippen MR) is 164 cm³/mol. The van der Waals surface area contributed by atoms with Crippen LogP contribution >= 0.6 is 0 Å². The number of nitrogens with one attached hydrogen (secondary N) is 2. The van der Waals surface area contributed by atoms with Gasteiger partial charge in [-0.15, -0.1) is 0 Å². The van der Waals surface area contributed by atoms with Crippen LogP contribution in [0.2, 0.25) is 0 Å². The number of phenols is 1. The fourth-order valence-electron chi connectivity index (χ4n) is 5.75. The Morgan fingerprint density at radius 3 is 2.62 bits per heavy atom. The minimum absolute atomic E-state index is 0.0503. The van der Waals surface area contributed by atoms with Crippen LogP contribution in [0.1, 0.15) is 51.5 Å². The summed E-state index contributed by atoms with van der Waals surface area (Å²) in [4.78, 5) is 28.3. The minimum Gasteiger partial charge on any atom is -0.508 e. The van der Waals surface area contributed by atoms with E-state index in [1.165, 1.54) is 30.3 Å². The number of phenolic OH excluding ortho intramolecular Hbond substituents is 1. The molecule has 8 nitrogen and oxygen atoms in total. The van der Waals surface area contributed by atoms with Crippen molar-refractivity contribution in [2.75, 3.05) is 30.4 Å². The fourth-order valence-corrected chi connectivity index (χ4v) is 5.75. The van der Waals surface area contributed by atoms with E-state index in [-0.39, 0.29) is 52.4 Å². The molecule has 0 bridgehead atoms. The summed E-state index contributed by atoms with van der Waals surface area (Å²) in [5, 5.41) is 17.8. The van der Waals surface area contributed by atoms with Crippen LogP contribution in [0.15, 0.2) is 37.0 Å². The number of benzene rings is 2. The number of amides is 1. The number of fused-ring (bicyclic) bond motifs is 2. The lowest BCUT2D eigenvalue weighted by Crippen LogP contribution is -2.32. The number of hydrogen-bond acceptors (Lipinski definition) is 7. The van der Waals surface area contributed by atoms with Crippen LogP contribution in [0.5, 0.6) is 5.75 Å². The van der Waals surface area contributed by atoms with Gasteiger partial charge in [0.15, 0.2) is 5.82 Å². The van der Waals surface area contributed by atoms with Crippen LogP contribution < -0.4 is 15.5 Å². The molecule has 0 unspecified atom stereocenters. The zero-order valence-corrected chi connectivity index (χ0v) is 24.2. The van der Waals surface area contributed by atoms with E-state index in [9.17, 15) is 14.3 Å². The summed E-state index contributed by atoms with van der Waals surface area (Å²) >= 11 is 0. The van der Waals surface area contributed by atoms with Gasteiger partial charge < -0.3 is 20.6 Å². The molecule has 5 rings (SSSR count). The number of halogens is 2. The maximum atomic E-state index is 16.6. The lowest BCUT2D eigenvalue weighted by atomic mass is 9.95. The number of carbonyl (C=O) groups excluding carboxylic acids is 1. The molecule has 2 aromatic carbocycles. The Morgan fingerprint density at radius 2 is 1.93 bits per heavy atom. The first-order valence-corrected chi connectivity index (χ1v) is 14.4. The molecule has 0 radical (unpaired) electrons. The molecule has 0 aliphatic carbocycles. The molecular weight excluding hydrogens is 538 g/mol. The highest BCUT2D eigenvalue weighted by molar-refractivity contribution is 6.04. The first kappa shape index (κ1) is 29.2. The monoisotopic (exact) mass is 574 g/mol. The second-order valence-corrected chi connectivity index (χ2v) is 11.2. The number of pyridine rings is 1. The van der Waals surface area contributed by atoms with Crippen LogP contribution in [0, 0.1) is 17.6 Å². The Bertz CT molecular complexity index is 1650. The Hall–Kier alpha value is -4.34. The molecule has 3 N–H and O–H groups in total. The van der Waals surface area contributed by atoms with Crippen LogP contribution in [0.25, 0.3) is 39.0 Å². The Kier molecular flexibility index (Phi) is 8.51. The van der Waals surface area contributed by atoms with Gasteiger partial charge in [0, 0.05) is 55.3 Å².